The number of hydrogen-bond donors (Lipinski definition) is 1. The Morgan fingerprint density at radius 1 is 1.52 bits per heavy atom. The van der Waals surface area contributed by atoms with E-state index >= 15 is 0 Å². The van der Waals surface area contributed by atoms with Crippen LogP contribution in [0.4, 0.5) is 0 Å². The van der Waals surface area contributed by atoms with Crippen molar-refractivity contribution in [2.45, 2.75) is 31.3 Å². The van der Waals surface area contributed by atoms with E-state index in [1.54, 1.807) is 14.0 Å². The van der Waals surface area contributed by atoms with Crippen molar-refractivity contribution in [2.75, 3.05) is 20.2 Å². The number of carboxylic acid groups (broad SMARTS) is 1. The molecule has 1 aliphatic heterocycles. The van der Waals surface area contributed by atoms with Gasteiger partial charge in [0, 0.05) is 25.1 Å². The first-order chi connectivity index (χ1) is 9.77. The van der Waals surface area contributed by atoms with E-state index in [-0.39, 0.29) is 15.9 Å². The van der Waals surface area contributed by atoms with Crippen LogP contribution in [0, 0.1) is 12.8 Å². The zero-order valence-electron chi connectivity index (χ0n) is 12.2. The number of ether oxygens (including phenoxy) is 1. The van der Waals surface area contributed by atoms with Crippen molar-refractivity contribution >= 4 is 27.3 Å². The number of sulfonamides is 1. The quantitative estimate of drug-likeness (QED) is 0.908. The summed E-state index contributed by atoms with van der Waals surface area (Å²) in [6.07, 6.45) is 0.596. The SMILES string of the molecule is COC1CN(S(=O)(=O)c2cc(C(=O)O)sc2C)CCC1C. The molecule has 0 bridgehead atoms. The number of carbonyl (C=O) groups is 1. The Bertz CT molecular complexity index is 637. The van der Waals surface area contributed by atoms with Gasteiger partial charge in [0.2, 0.25) is 10.0 Å². The number of aromatic carboxylic acids is 1. The highest BCUT2D eigenvalue weighted by Gasteiger charge is 2.35. The topological polar surface area (TPSA) is 83.9 Å². The molecule has 1 saturated heterocycles. The van der Waals surface area contributed by atoms with Crippen LogP contribution >= 0.6 is 11.3 Å². The molecule has 1 fully saturated rings. The highest BCUT2D eigenvalue weighted by molar-refractivity contribution is 7.89. The first-order valence-electron chi connectivity index (χ1n) is 6.64. The minimum Gasteiger partial charge on any atom is -0.477 e. The van der Waals surface area contributed by atoms with Crippen molar-refractivity contribution in [3.8, 4) is 0 Å². The van der Waals surface area contributed by atoms with Crippen LogP contribution in [0.25, 0.3) is 0 Å². The van der Waals surface area contributed by atoms with Crippen molar-refractivity contribution in [1.29, 1.82) is 0 Å². The summed E-state index contributed by atoms with van der Waals surface area (Å²) in [5.41, 5.74) is 0. The standard InChI is InChI=1S/C13H19NO5S2/c1-8-4-5-14(7-10(8)19-3)21(17,18)12-6-11(13(15)16)20-9(12)2/h6,8,10H,4-5,7H2,1-3H3,(H,15,16). The lowest BCUT2D eigenvalue weighted by atomic mass is 9.97. The molecular weight excluding hydrogens is 314 g/mol. The fraction of sp³-hybridized carbons (Fsp3) is 0.615. The maximum Gasteiger partial charge on any atom is 0.345 e. The van der Waals surface area contributed by atoms with Crippen LogP contribution in [0.2, 0.25) is 0 Å². The van der Waals surface area contributed by atoms with E-state index in [0.717, 1.165) is 17.8 Å². The Hall–Kier alpha value is -0.960. The molecule has 21 heavy (non-hydrogen) atoms. The largest absolute Gasteiger partial charge is 0.477 e. The van der Waals surface area contributed by atoms with Gasteiger partial charge in [-0.15, -0.1) is 11.3 Å². The monoisotopic (exact) mass is 333 g/mol. The van der Waals surface area contributed by atoms with Crippen LogP contribution < -0.4 is 0 Å². The van der Waals surface area contributed by atoms with Gasteiger partial charge in [0.1, 0.15) is 4.88 Å². The molecule has 1 aromatic rings. The van der Waals surface area contributed by atoms with E-state index in [0.29, 0.717) is 23.9 Å². The molecule has 1 N–H and O–H groups in total. The number of carboxylic acids is 1. The lowest BCUT2D eigenvalue weighted by Gasteiger charge is -2.35. The van der Waals surface area contributed by atoms with Crippen LogP contribution in [0.3, 0.4) is 0 Å². The third-order valence-corrected chi connectivity index (χ3v) is 7.01. The Labute approximate surface area is 128 Å². The fourth-order valence-electron chi connectivity index (χ4n) is 2.50. The maximum absolute atomic E-state index is 12.7. The molecule has 1 aliphatic rings. The molecule has 0 aromatic carbocycles. The summed E-state index contributed by atoms with van der Waals surface area (Å²) in [6, 6.07) is 1.25. The van der Waals surface area contributed by atoms with E-state index in [1.807, 2.05) is 6.92 Å². The van der Waals surface area contributed by atoms with Crippen LogP contribution in [0.1, 0.15) is 27.9 Å². The average Bonchev–Trinajstić information content (AvgIpc) is 2.82. The molecule has 2 heterocycles. The van der Waals surface area contributed by atoms with E-state index in [9.17, 15) is 13.2 Å². The van der Waals surface area contributed by atoms with E-state index in [1.165, 1.54) is 10.4 Å². The number of piperidine rings is 1. The van der Waals surface area contributed by atoms with Crippen molar-refractivity contribution in [3.05, 3.63) is 15.8 Å². The normalized spacial score (nSPS) is 24.1. The number of hydrogen-bond acceptors (Lipinski definition) is 5. The first kappa shape index (κ1) is 16.4. The summed E-state index contributed by atoms with van der Waals surface area (Å²) in [4.78, 5) is 11.6. The highest BCUT2D eigenvalue weighted by Crippen LogP contribution is 2.31. The van der Waals surface area contributed by atoms with Crippen LogP contribution in [-0.4, -0.2) is 50.1 Å². The summed E-state index contributed by atoms with van der Waals surface area (Å²) in [5, 5.41) is 9.00. The summed E-state index contributed by atoms with van der Waals surface area (Å²) < 4.78 is 32.1. The van der Waals surface area contributed by atoms with Gasteiger partial charge < -0.3 is 9.84 Å². The number of methoxy groups -OCH3 is 1. The van der Waals surface area contributed by atoms with Gasteiger partial charge in [0.05, 0.1) is 11.0 Å². The van der Waals surface area contributed by atoms with Gasteiger partial charge in [0.25, 0.3) is 0 Å². The van der Waals surface area contributed by atoms with Gasteiger partial charge in [-0.1, -0.05) is 6.92 Å². The average molecular weight is 333 g/mol. The lowest BCUT2D eigenvalue weighted by molar-refractivity contribution is 0.0184. The molecule has 1 aromatic heterocycles. The van der Waals surface area contributed by atoms with E-state index < -0.39 is 16.0 Å². The Morgan fingerprint density at radius 2 is 2.19 bits per heavy atom. The highest BCUT2D eigenvalue weighted by atomic mass is 32.2. The molecule has 118 valence electrons. The molecule has 0 amide bonds. The molecule has 6 nitrogen and oxygen atoms in total. The van der Waals surface area contributed by atoms with Gasteiger partial charge in [-0.3, -0.25) is 0 Å². The minimum absolute atomic E-state index is 0.0414. The Kier molecular flexibility index (Phi) is 4.72. The zero-order chi connectivity index (χ0) is 15.8. The lowest BCUT2D eigenvalue weighted by Crippen LogP contribution is -2.46. The van der Waals surface area contributed by atoms with Gasteiger partial charge in [-0.05, 0) is 25.3 Å². The molecule has 2 rings (SSSR count). The third kappa shape index (κ3) is 3.13. The number of nitrogens with zero attached hydrogens (tertiary/aromatic N) is 1. The smallest absolute Gasteiger partial charge is 0.345 e. The molecule has 0 radical (unpaired) electrons. The third-order valence-electron chi connectivity index (χ3n) is 3.86. The van der Waals surface area contributed by atoms with Gasteiger partial charge in [-0.25, -0.2) is 13.2 Å². The second kappa shape index (κ2) is 6.04. The summed E-state index contributed by atoms with van der Waals surface area (Å²) in [7, 11) is -2.09. The van der Waals surface area contributed by atoms with Crippen LogP contribution in [0.5, 0.6) is 0 Å². The summed E-state index contributed by atoms with van der Waals surface area (Å²) in [6.45, 7) is 4.40. The molecule has 8 heteroatoms. The summed E-state index contributed by atoms with van der Waals surface area (Å²) in [5.74, 6) is -0.800. The zero-order valence-corrected chi connectivity index (χ0v) is 13.8. The Morgan fingerprint density at radius 3 is 2.71 bits per heavy atom. The Balaban J connectivity index is 2.32. The molecular formula is C13H19NO5S2. The van der Waals surface area contributed by atoms with Crippen molar-refractivity contribution in [3.63, 3.8) is 0 Å². The molecule has 0 spiro atoms. The minimum atomic E-state index is -3.67. The fourth-order valence-corrected chi connectivity index (χ4v) is 5.36. The molecule has 0 saturated carbocycles. The number of rotatable bonds is 4. The van der Waals surface area contributed by atoms with Gasteiger partial charge in [-0.2, -0.15) is 4.31 Å². The van der Waals surface area contributed by atoms with E-state index in [4.69, 9.17) is 9.84 Å². The maximum atomic E-state index is 12.7. The predicted molar refractivity (Wildman–Crippen MR) is 79.4 cm³/mol. The van der Waals surface area contributed by atoms with Crippen LogP contribution in [-0.2, 0) is 14.8 Å². The van der Waals surface area contributed by atoms with Crippen molar-refractivity contribution < 1.29 is 23.1 Å². The molecule has 2 unspecified atom stereocenters. The van der Waals surface area contributed by atoms with Crippen molar-refractivity contribution in [2.24, 2.45) is 5.92 Å². The van der Waals surface area contributed by atoms with Crippen molar-refractivity contribution in [1.82, 2.24) is 4.31 Å². The van der Waals surface area contributed by atoms with Gasteiger partial charge >= 0.3 is 5.97 Å². The molecule has 0 aliphatic carbocycles. The summed E-state index contributed by atoms with van der Waals surface area (Å²) >= 11 is 0.984. The second-order valence-electron chi connectivity index (χ2n) is 5.24. The second-order valence-corrected chi connectivity index (χ2v) is 8.40. The van der Waals surface area contributed by atoms with Crippen LogP contribution in [0.15, 0.2) is 11.0 Å². The number of thiophene rings is 1. The molecule has 2 atom stereocenters. The predicted octanol–water partition coefficient (Wildman–Crippen LogP) is 1.80. The van der Waals surface area contributed by atoms with Gasteiger partial charge in [0.15, 0.2) is 0 Å². The number of aryl methyl sites for hydroxylation is 1. The van der Waals surface area contributed by atoms with E-state index in [2.05, 4.69) is 0 Å². The first-order valence-corrected chi connectivity index (χ1v) is 8.89.